The summed E-state index contributed by atoms with van der Waals surface area (Å²) in [7, 11) is 0. The van der Waals surface area contributed by atoms with Crippen molar-refractivity contribution < 1.29 is 14.4 Å². The molecule has 1 fully saturated rings. The molecule has 136 valence electrons. The molecule has 8 heteroatoms. The summed E-state index contributed by atoms with van der Waals surface area (Å²) in [5.74, 6) is -1.01. The Kier molecular flexibility index (Phi) is 4.97. The van der Waals surface area contributed by atoms with Crippen LogP contribution in [0.2, 0.25) is 0 Å². The van der Waals surface area contributed by atoms with E-state index in [0.717, 1.165) is 9.37 Å². The van der Waals surface area contributed by atoms with E-state index in [1.807, 2.05) is 6.07 Å². The van der Waals surface area contributed by atoms with Gasteiger partial charge in [-0.1, -0.05) is 28.1 Å². The molecule has 1 atom stereocenters. The molecule has 3 rings (SSSR count). The first kappa shape index (κ1) is 18.6. The molecule has 0 saturated carbocycles. The van der Waals surface area contributed by atoms with Gasteiger partial charge in [-0.2, -0.15) is 5.26 Å². The van der Waals surface area contributed by atoms with Crippen LogP contribution in [-0.2, 0) is 15.1 Å². The number of carbonyl (C=O) groups excluding carboxylic acids is 3. The van der Waals surface area contributed by atoms with E-state index in [-0.39, 0.29) is 0 Å². The Hall–Kier alpha value is -3.18. The number of nitrogens with zero attached hydrogens (tertiary/aromatic N) is 2. The molecule has 2 aromatic carbocycles. The summed E-state index contributed by atoms with van der Waals surface area (Å²) in [4.78, 5) is 38.2. The van der Waals surface area contributed by atoms with Gasteiger partial charge in [0.25, 0.3) is 5.91 Å². The van der Waals surface area contributed by atoms with Gasteiger partial charge in [-0.15, -0.1) is 0 Å². The van der Waals surface area contributed by atoms with Crippen LogP contribution in [0.1, 0.15) is 18.1 Å². The highest BCUT2D eigenvalue weighted by Crippen LogP contribution is 2.29. The molecule has 0 aromatic heterocycles. The predicted molar refractivity (Wildman–Crippen MR) is 102 cm³/mol. The first-order chi connectivity index (χ1) is 12.8. The second-order valence-electron chi connectivity index (χ2n) is 6.19. The quantitative estimate of drug-likeness (QED) is 0.733. The lowest BCUT2D eigenvalue weighted by atomic mass is 9.91. The Bertz CT molecular complexity index is 950. The molecule has 1 aliphatic heterocycles. The number of rotatable bonds is 4. The minimum absolute atomic E-state index is 0.396. The largest absolute Gasteiger partial charge is 0.325 e. The Labute approximate surface area is 164 Å². The third-order valence-electron chi connectivity index (χ3n) is 4.30. The van der Waals surface area contributed by atoms with Gasteiger partial charge in [0.15, 0.2) is 0 Å². The van der Waals surface area contributed by atoms with Gasteiger partial charge in [0.2, 0.25) is 5.91 Å². The van der Waals surface area contributed by atoms with Crippen LogP contribution in [0.15, 0.2) is 53.0 Å². The summed E-state index contributed by atoms with van der Waals surface area (Å²) in [5, 5.41) is 14.2. The summed E-state index contributed by atoms with van der Waals surface area (Å²) in [5.41, 5.74) is 0.258. The van der Waals surface area contributed by atoms with Crippen LogP contribution in [0.3, 0.4) is 0 Å². The average Bonchev–Trinajstić information content (AvgIpc) is 2.88. The maximum absolute atomic E-state index is 12.8. The molecule has 2 aromatic rings. The summed E-state index contributed by atoms with van der Waals surface area (Å²) in [6.07, 6.45) is 0. The van der Waals surface area contributed by atoms with Gasteiger partial charge in [-0.3, -0.25) is 14.5 Å². The minimum Gasteiger partial charge on any atom is -0.325 e. The molecule has 1 unspecified atom stereocenters. The lowest BCUT2D eigenvalue weighted by molar-refractivity contribution is -0.133. The minimum atomic E-state index is -1.29. The van der Waals surface area contributed by atoms with E-state index in [4.69, 9.17) is 5.26 Å². The Morgan fingerprint density at radius 2 is 1.81 bits per heavy atom. The van der Waals surface area contributed by atoms with Gasteiger partial charge in [-0.25, -0.2) is 4.79 Å². The zero-order valence-corrected chi connectivity index (χ0v) is 15.9. The number of hydrogen-bond donors (Lipinski definition) is 2. The van der Waals surface area contributed by atoms with E-state index in [9.17, 15) is 14.4 Å². The number of halogens is 1. The van der Waals surface area contributed by atoms with Crippen LogP contribution in [0.25, 0.3) is 0 Å². The van der Waals surface area contributed by atoms with Crippen molar-refractivity contribution >= 4 is 39.5 Å². The number of benzene rings is 2. The van der Waals surface area contributed by atoms with Gasteiger partial charge < -0.3 is 10.6 Å². The number of carbonyl (C=O) groups is 3. The smallest absolute Gasteiger partial charge is 0.325 e. The number of urea groups is 1. The molecule has 0 radical (unpaired) electrons. The zero-order chi connectivity index (χ0) is 19.6. The first-order valence-corrected chi connectivity index (χ1v) is 8.83. The van der Waals surface area contributed by atoms with Crippen LogP contribution in [-0.4, -0.2) is 29.3 Å². The normalized spacial score (nSPS) is 18.8. The molecular formula is C19H15BrN4O3. The third kappa shape index (κ3) is 3.68. The van der Waals surface area contributed by atoms with E-state index in [2.05, 4.69) is 26.6 Å². The molecule has 7 nitrogen and oxygen atoms in total. The summed E-state index contributed by atoms with van der Waals surface area (Å²) in [6.45, 7) is 1.17. The lowest BCUT2D eigenvalue weighted by Gasteiger charge is -2.22. The van der Waals surface area contributed by atoms with Crippen LogP contribution in [0.5, 0.6) is 0 Å². The molecule has 0 aliphatic carbocycles. The van der Waals surface area contributed by atoms with Crippen molar-refractivity contribution in [3.05, 3.63) is 64.1 Å². The number of amides is 4. The topological polar surface area (TPSA) is 102 Å². The standard InChI is InChI=1S/C19H15BrN4O3/c1-19(13-4-2-12(10-21)3-5-13)17(26)24(18(27)23-19)11-16(25)22-15-8-6-14(20)7-9-15/h2-9H,11H2,1H3,(H,22,25)(H,23,27). The molecule has 2 N–H and O–H groups in total. The molecule has 1 saturated heterocycles. The van der Waals surface area contributed by atoms with Gasteiger partial charge in [-0.05, 0) is 48.9 Å². The van der Waals surface area contributed by atoms with E-state index in [1.54, 1.807) is 55.5 Å². The summed E-state index contributed by atoms with van der Waals surface area (Å²) in [6, 6.07) is 14.7. The van der Waals surface area contributed by atoms with Gasteiger partial charge in [0.05, 0.1) is 11.6 Å². The molecule has 4 amide bonds. The van der Waals surface area contributed by atoms with Crippen molar-refractivity contribution in [1.82, 2.24) is 10.2 Å². The van der Waals surface area contributed by atoms with Crippen molar-refractivity contribution in [2.75, 3.05) is 11.9 Å². The van der Waals surface area contributed by atoms with E-state index < -0.39 is 29.9 Å². The molecular weight excluding hydrogens is 412 g/mol. The monoisotopic (exact) mass is 426 g/mol. The lowest BCUT2D eigenvalue weighted by Crippen LogP contribution is -2.42. The number of hydrogen-bond acceptors (Lipinski definition) is 4. The summed E-state index contributed by atoms with van der Waals surface area (Å²) >= 11 is 3.31. The van der Waals surface area contributed by atoms with E-state index in [1.165, 1.54) is 0 Å². The fourth-order valence-corrected chi connectivity index (χ4v) is 3.06. The molecule has 27 heavy (non-hydrogen) atoms. The maximum Gasteiger partial charge on any atom is 0.325 e. The van der Waals surface area contributed by atoms with Crippen molar-refractivity contribution in [2.24, 2.45) is 0 Å². The summed E-state index contributed by atoms with van der Waals surface area (Å²) < 4.78 is 0.868. The second kappa shape index (κ2) is 7.21. The van der Waals surface area contributed by atoms with Crippen LogP contribution < -0.4 is 10.6 Å². The fourth-order valence-electron chi connectivity index (χ4n) is 2.79. The number of anilines is 1. The van der Waals surface area contributed by atoms with E-state index >= 15 is 0 Å². The average molecular weight is 427 g/mol. The molecule has 1 heterocycles. The first-order valence-electron chi connectivity index (χ1n) is 8.03. The van der Waals surface area contributed by atoms with Gasteiger partial charge >= 0.3 is 6.03 Å². The van der Waals surface area contributed by atoms with Crippen molar-refractivity contribution in [2.45, 2.75) is 12.5 Å². The number of imide groups is 1. The Balaban J connectivity index is 1.74. The Morgan fingerprint density at radius 1 is 1.19 bits per heavy atom. The third-order valence-corrected chi connectivity index (χ3v) is 4.82. The van der Waals surface area contributed by atoms with Gasteiger partial charge in [0, 0.05) is 10.2 Å². The SMILES string of the molecule is CC1(c2ccc(C#N)cc2)NC(=O)N(CC(=O)Nc2ccc(Br)cc2)C1=O. The molecule has 0 bridgehead atoms. The van der Waals surface area contributed by atoms with Gasteiger partial charge in [0.1, 0.15) is 12.1 Å². The van der Waals surface area contributed by atoms with E-state index in [0.29, 0.717) is 16.8 Å². The van der Waals surface area contributed by atoms with Crippen molar-refractivity contribution in [3.8, 4) is 6.07 Å². The van der Waals surface area contributed by atoms with Crippen LogP contribution >= 0.6 is 15.9 Å². The fraction of sp³-hybridized carbons (Fsp3) is 0.158. The second-order valence-corrected chi connectivity index (χ2v) is 7.11. The number of nitrogens with one attached hydrogen (secondary N) is 2. The highest BCUT2D eigenvalue weighted by atomic mass is 79.9. The highest BCUT2D eigenvalue weighted by molar-refractivity contribution is 9.10. The number of nitriles is 1. The van der Waals surface area contributed by atoms with Crippen molar-refractivity contribution in [1.29, 1.82) is 5.26 Å². The van der Waals surface area contributed by atoms with Crippen LogP contribution in [0.4, 0.5) is 10.5 Å². The Morgan fingerprint density at radius 3 is 2.41 bits per heavy atom. The highest BCUT2D eigenvalue weighted by Gasteiger charge is 2.49. The maximum atomic E-state index is 12.8. The molecule has 1 aliphatic rings. The zero-order valence-electron chi connectivity index (χ0n) is 14.3. The van der Waals surface area contributed by atoms with Crippen molar-refractivity contribution in [3.63, 3.8) is 0 Å². The van der Waals surface area contributed by atoms with Crippen LogP contribution in [0, 0.1) is 11.3 Å². The molecule has 0 spiro atoms. The predicted octanol–water partition coefficient (Wildman–Crippen LogP) is 2.73.